The minimum Gasteiger partial charge on any atom is -0.368 e. The van der Waals surface area contributed by atoms with Crippen molar-refractivity contribution >= 4 is 17.3 Å². The number of piperidine rings is 1. The molecule has 1 N–H and O–H groups in total. The Morgan fingerprint density at radius 3 is 2.84 bits per heavy atom. The molecular formula is C18H18ClN5O. The first kappa shape index (κ1) is 15.9. The predicted molar refractivity (Wildman–Crippen MR) is 97.6 cm³/mol. The van der Waals surface area contributed by atoms with Gasteiger partial charge in [0.15, 0.2) is 0 Å². The summed E-state index contributed by atoms with van der Waals surface area (Å²) in [7, 11) is 0. The van der Waals surface area contributed by atoms with E-state index in [0.717, 1.165) is 31.8 Å². The van der Waals surface area contributed by atoms with Gasteiger partial charge in [0.1, 0.15) is 10.8 Å². The number of anilines is 1. The third kappa shape index (κ3) is 3.05. The van der Waals surface area contributed by atoms with E-state index in [4.69, 9.17) is 11.6 Å². The van der Waals surface area contributed by atoms with Crippen LogP contribution >= 0.6 is 11.6 Å². The number of nitrogens with one attached hydrogen (secondary N) is 1. The largest absolute Gasteiger partial charge is 0.368 e. The first-order valence-corrected chi connectivity index (χ1v) is 8.69. The van der Waals surface area contributed by atoms with Gasteiger partial charge in [0.2, 0.25) is 0 Å². The van der Waals surface area contributed by atoms with Crippen LogP contribution in [0.2, 0.25) is 5.02 Å². The standard InChI is InChI=1S/C18H18ClN5O/c19-16-15(11-22-24(18(16)25)14-6-2-1-3-7-14)23-10-4-5-13(12-23)17-20-8-9-21-17/h1-3,6-9,11,13H,4-5,10,12H2,(H,20,21). The Bertz CT molecular complexity index is 907. The van der Waals surface area contributed by atoms with Crippen LogP contribution in [0.3, 0.4) is 0 Å². The van der Waals surface area contributed by atoms with E-state index in [9.17, 15) is 4.79 Å². The molecule has 0 saturated carbocycles. The van der Waals surface area contributed by atoms with Crippen molar-refractivity contribution < 1.29 is 0 Å². The van der Waals surface area contributed by atoms with Gasteiger partial charge >= 0.3 is 0 Å². The molecule has 7 heteroatoms. The summed E-state index contributed by atoms with van der Waals surface area (Å²) in [5.74, 6) is 1.28. The Kier molecular flexibility index (Phi) is 4.28. The smallest absolute Gasteiger partial charge is 0.292 e. The summed E-state index contributed by atoms with van der Waals surface area (Å²) in [5.41, 5.74) is 1.09. The molecule has 0 aliphatic carbocycles. The minimum atomic E-state index is -0.300. The highest BCUT2D eigenvalue weighted by Gasteiger charge is 2.25. The van der Waals surface area contributed by atoms with Crippen molar-refractivity contribution in [2.24, 2.45) is 0 Å². The van der Waals surface area contributed by atoms with Crippen LogP contribution in [-0.2, 0) is 0 Å². The molecule has 0 amide bonds. The number of nitrogens with zero attached hydrogens (tertiary/aromatic N) is 4. The molecule has 2 aromatic heterocycles. The Morgan fingerprint density at radius 2 is 2.08 bits per heavy atom. The summed E-state index contributed by atoms with van der Waals surface area (Å²) >= 11 is 6.42. The zero-order valence-electron chi connectivity index (χ0n) is 13.6. The fourth-order valence-corrected chi connectivity index (χ4v) is 3.57. The van der Waals surface area contributed by atoms with Gasteiger partial charge in [-0.3, -0.25) is 4.79 Å². The molecule has 1 unspecified atom stereocenters. The molecule has 3 aromatic rings. The Balaban J connectivity index is 1.65. The lowest BCUT2D eigenvalue weighted by molar-refractivity contribution is 0.493. The third-order valence-corrected chi connectivity index (χ3v) is 4.92. The van der Waals surface area contributed by atoms with Crippen molar-refractivity contribution in [3.05, 3.63) is 70.1 Å². The monoisotopic (exact) mass is 355 g/mol. The van der Waals surface area contributed by atoms with E-state index in [1.807, 2.05) is 36.5 Å². The normalized spacial score (nSPS) is 17.6. The second kappa shape index (κ2) is 6.72. The van der Waals surface area contributed by atoms with E-state index in [1.165, 1.54) is 4.68 Å². The average Bonchev–Trinajstić information content (AvgIpc) is 3.19. The summed E-state index contributed by atoms with van der Waals surface area (Å²) < 4.78 is 1.33. The van der Waals surface area contributed by atoms with E-state index in [2.05, 4.69) is 20.0 Å². The Hall–Kier alpha value is -2.60. The molecule has 0 bridgehead atoms. The number of hydrogen-bond donors (Lipinski definition) is 1. The molecule has 1 fully saturated rings. The molecule has 128 valence electrons. The maximum Gasteiger partial charge on any atom is 0.292 e. The molecule has 6 nitrogen and oxygen atoms in total. The van der Waals surface area contributed by atoms with Gasteiger partial charge in [-0.25, -0.2) is 4.98 Å². The molecule has 1 atom stereocenters. The number of aromatic amines is 1. The van der Waals surface area contributed by atoms with E-state index in [0.29, 0.717) is 17.3 Å². The second-order valence-corrected chi connectivity index (χ2v) is 6.53. The van der Waals surface area contributed by atoms with Crippen molar-refractivity contribution in [3.8, 4) is 5.69 Å². The van der Waals surface area contributed by atoms with Crippen LogP contribution in [0.1, 0.15) is 24.6 Å². The van der Waals surface area contributed by atoms with Gasteiger partial charge in [0.25, 0.3) is 5.56 Å². The first-order chi connectivity index (χ1) is 12.2. The fourth-order valence-electron chi connectivity index (χ4n) is 3.32. The van der Waals surface area contributed by atoms with Crippen LogP contribution in [0.4, 0.5) is 5.69 Å². The maximum atomic E-state index is 12.7. The summed E-state index contributed by atoms with van der Waals surface area (Å²) in [6.07, 6.45) is 7.37. The van der Waals surface area contributed by atoms with Gasteiger partial charge in [-0.2, -0.15) is 9.78 Å². The maximum absolute atomic E-state index is 12.7. The number of para-hydroxylation sites is 1. The van der Waals surface area contributed by atoms with Gasteiger partial charge in [-0.1, -0.05) is 29.8 Å². The van der Waals surface area contributed by atoms with Crippen LogP contribution in [0, 0.1) is 0 Å². The number of hydrogen-bond acceptors (Lipinski definition) is 4. The fraction of sp³-hybridized carbons (Fsp3) is 0.278. The molecule has 3 heterocycles. The lowest BCUT2D eigenvalue weighted by atomic mass is 9.97. The lowest BCUT2D eigenvalue weighted by Gasteiger charge is -2.33. The van der Waals surface area contributed by atoms with Crippen molar-refractivity contribution in [1.29, 1.82) is 0 Å². The number of H-pyrrole nitrogens is 1. The van der Waals surface area contributed by atoms with E-state index in [1.54, 1.807) is 12.4 Å². The minimum absolute atomic E-state index is 0.207. The van der Waals surface area contributed by atoms with Gasteiger partial charge in [-0.15, -0.1) is 0 Å². The topological polar surface area (TPSA) is 66.8 Å². The van der Waals surface area contributed by atoms with Crippen LogP contribution in [0.5, 0.6) is 0 Å². The number of benzene rings is 1. The SMILES string of the molecule is O=c1c(Cl)c(N2CCCC(c3ncc[nH]3)C2)cnn1-c1ccccc1. The van der Waals surface area contributed by atoms with Crippen molar-refractivity contribution in [3.63, 3.8) is 0 Å². The predicted octanol–water partition coefficient (Wildman–Crippen LogP) is 2.99. The van der Waals surface area contributed by atoms with E-state index < -0.39 is 0 Å². The summed E-state index contributed by atoms with van der Waals surface area (Å²) in [5, 5.41) is 4.53. The van der Waals surface area contributed by atoms with Gasteiger partial charge < -0.3 is 9.88 Å². The molecule has 4 rings (SSSR count). The number of rotatable bonds is 3. The number of halogens is 1. The van der Waals surface area contributed by atoms with Gasteiger partial charge in [0.05, 0.1) is 17.6 Å². The molecule has 1 aliphatic rings. The number of aromatic nitrogens is 4. The zero-order valence-corrected chi connectivity index (χ0v) is 14.4. The van der Waals surface area contributed by atoms with Crippen molar-refractivity contribution in [2.45, 2.75) is 18.8 Å². The van der Waals surface area contributed by atoms with Crippen molar-refractivity contribution in [1.82, 2.24) is 19.7 Å². The quantitative estimate of drug-likeness (QED) is 0.784. The third-order valence-electron chi connectivity index (χ3n) is 4.57. The molecule has 1 aliphatic heterocycles. The first-order valence-electron chi connectivity index (χ1n) is 8.31. The van der Waals surface area contributed by atoms with Crippen molar-refractivity contribution in [2.75, 3.05) is 18.0 Å². The number of imidazole rings is 1. The zero-order chi connectivity index (χ0) is 17.2. The van der Waals surface area contributed by atoms with Crippen LogP contribution in [0.25, 0.3) is 5.69 Å². The van der Waals surface area contributed by atoms with E-state index >= 15 is 0 Å². The molecular weight excluding hydrogens is 338 g/mol. The highest BCUT2D eigenvalue weighted by Crippen LogP contribution is 2.30. The average molecular weight is 356 g/mol. The highest BCUT2D eigenvalue weighted by molar-refractivity contribution is 6.33. The molecule has 25 heavy (non-hydrogen) atoms. The van der Waals surface area contributed by atoms with Gasteiger partial charge in [0, 0.05) is 31.4 Å². The Labute approximate surface area is 150 Å². The van der Waals surface area contributed by atoms with Crippen LogP contribution < -0.4 is 10.5 Å². The molecule has 0 radical (unpaired) electrons. The Morgan fingerprint density at radius 1 is 1.24 bits per heavy atom. The molecule has 1 saturated heterocycles. The lowest BCUT2D eigenvalue weighted by Crippen LogP contribution is -2.36. The summed E-state index contributed by atoms with van der Waals surface area (Å²) in [4.78, 5) is 22.3. The molecule has 1 aromatic carbocycles. The summed E-state index contributed by atoms with van der Waals surface area (Å²) in [6.45, 7) is 1.62. The van der Waals surface area contributed by atoms with E-state index in [-0.39, 0.29) is 10.6 Å². The summed E-state index contributed by atoms with van der Waals surface area (Å²) in [6, 6.07) is 9.29. The second-order valence-electron chi connectivity index (χ2n) is 6.16. The highest BCUT2D eigenvalue weighted by atomic mass is 35.5. The van der Waals surface area contributed by atoms with Crippen LogP contribution in [-0.4, -0.2) is 32.8 Å². The van der Waals surface area contributed by atoms with Crippen LogP contribution in [0.15, 0.2) is 53.7 Å². The van der Waals surface area contributed by atoms with Gasteiger partial charge in [-0.05, 0) is 25.0 Å². The molecule has 0 spiro atoms.